The van der Waals surface area contributed by atoms with Gasteiger partial charge in [0, 0.05) is 18.2 Å². The van der Waals surface area contributed by atoms with Gasteiger partial charge >= 0.3 is 0 Å². The summed E-state index contributed by atoms with van der Waals surface area (Å²) in [4.78, 5) is 12.9. The zero-order valence-electron chi connectivity index (χ0n) is 18.3. The first-order valence-corrected chi connectivity index (χ1v) is 10.7. The standard InChI is InChI=1S/C28H25NO4/c1-32-27-13-6-5-10-21(27)16-17-33-24-12-7-11-23(19-24)29-28(31)25-18-22(14-15-26(25)30)20-8-3-2-4-9-20/h2-15,18-19,30H,16-17H2,1H3,(H,29,31). The van der Waals surface area contributed by atoms with Gasteiger partial charge in [-0.2, -0.15) is 0 Å². The van der Waals surface area contributed by atoms with Crippen LogP contribution in [-0.2, 0) is 6.42 Å². The molecule has 4 aromatic carbocycles. The molecular formula is C28H25NO4. The SMILES string of the molecule is COc1ccccc1CCOc1cccc(NC(=O)c2cc(-c3ccccc3)ccc2O)c1. The Morgan fingerprint density at radius 3 is 2.45 bits per heavy atom. The van der Waals surface area contributed by atoms with Crippen LogP contribution < -0.4 is 14.8 Å². The predicted molar refractivity (Wildman–Crippen MR) is 130 cm³/mol. The lowest BCUT2D eigenvalue weighted by Gasteiger charge is -2.12. The zero-order chi connectivity index (χ0) is 23.0. The van der Waals surface area contributed by atoms with Gasteiger partial charge < -0.3 is 19.9 Å². The molecule has 2 N–H and O–H groups in total. The van der Waals surface area contributed by atoms with E-state index in [1.165, 1.54) is 6.07 Å². The lowest BCUT2D eigenvalue weighted by Crippen LogP contribution is -2.12. The quantitative estimate of drug-likeness (QED) is 0.356. The molecule has 4 aromatic rings. The second-order valence-corrected chi connectivity index (χ2v) is 7.49. The van der Waals surface area contributed by atoms with Crippen molar-refractivity contribution in [1.29, 1.82) is 0 Å². The number of ether oxygens (including phenoxy) is 2. The Morgan fingerprint density at radius 1 is 0.848 bits per heavy atom. The number of methoxy groups -OCH3 is 1. The molecule has 0 radical (unpaired) electrons. The van der Waals surface area contributed by atoms with Gasteiger partial charge in [0.1, 0.15) is 17.2 Å². The summed E-state index contributed by atoms with van der Waals surface area (Å²) in [6.07, 6.45) is 0.695. The summed E-state index contributed by atoms with van der Waals surface area (Å²) in [5.74, 6) is 1.01. The van der Waals surface area contributed by atoms with E-state index in [1.54, 1.807) is 31.4 Å². The fourth-order valence-electron chi connectivity index (χ4n) is 3.58. The molecule has 0 aliphatic heterocycles. The van der Waals surface area contributed by atoms with E-state index in [2.05, 4.69) is 5.32 Å². The minimum absolute atomic E-state index is 0.0728. The summed E-state index contributed by atoms with van der Waals surface area (Å²) in [6.45, 7) is 0.470. The molecule has 33 heavy (non-hydrogen) atoms. The molecule has 0 atom stereocenters. The number of amides is 1. The first-order chi connectivity index (χ1) is 16.1. The van der Waals surface area contributed by atoms with Crippen molar-refractivity contribution < 1.29 is 19.4 Å². The molecule has 0 fully saturated rings. The van der Waals surface area contributed by atoms with Gasteiger partial charge in [-0.1, -0.05) is 60.7 Å². The fraction of sp³-hybridized carbons (Fsp3) is 0.107. The number of anilines is 1. The van der Waals surface area contributed by atoms with Gasteiger partial charge in [-0.05, 0) is 47.0 Å². The van der Waals surface area contributed by atoms with Crippen molar-refractivity contribution in [3.8, 4) is 28.4 Å². The van der Waals surface area contributed by atoms with E-state index in [-0.39, 0.29) is 11.3 Å². The van der Waals surface area contributed by atoms with E-state index in [0.29, 0.717) is 24.5 Å². The Morgan fingerprint density at radius 2 is 1.64 bits per heavy atom. The molecule has 4 rings (SSSR count). The molecule has 0 saturated carbocycles. The maximum Gasteiger partial charge on any atom is 0.259 e. The topological polar surface area (TPSA) is 67.8 Å². The Hall–Kier alpha value is -4.25. The maximum atomic E-state index is 12.9. The van der Waals surface area contributed by atoms with E-state index in [9.17, 15) is 9.90 Å². The summed E-state index contributed by atoms with van der Waals surface area (Å²) < 4.78 is 11.3. The third-order valence-corrected chi connectivity index (χ3v) is 5.27. The summed E-state index contributed by atoms with van der Waals surface area (Å²) in [7, 11) is 1.65. The number of aromatic hydroxyl groups is 1. The van der Waals surface area contributed by atoms with Crippen LogP contribution in [0.4, 0.5) is 5.69 Å². The first kappa shape index (κ1) is 22.0. The van der Waals surface area contributed by atoms with Crippen molar-refractivity contribution >= 4 is 11.6 Å². The van der Waals surface area contributed by atoms with Crippen molar-refractivity contribution in [3.05, 3.63) is 108 Å². The number of phenols is 1. The second kappa shape index (κ2) is 10.4. The van der Waals surface area contributed by atoms with Gasteiger partial charge in [0.15, 0.2) is 0 Å². The van der Waals surface area contributed by atoms with Gasteiger partial charge in [-0.25, -0.2) is 0 Å². The van der Waals surface area contributed by atoms with E-state index in [4.69, 9.17) is 9.47 Å². The van der Waals surface area contributed by atoms with Crippen LogP contribution in [0.2, 0.25) is 0 Å². The van der Waals surface area contributed by atoms with Gasteiger partial charge in [0.05, 0.1) is 19.3 Å². The number of para-hydroxylation sites is 1. The minimum atomic E-state index is -0.392. The van der Waals surface area contributed by atoms with Crippen molar-refractivity contribution in [1.82, 2.24) is 0 Å². The molecule has 0 saturated heterocycles. The highest BCUT2D eigenvalue weighted by atomic mass is 16.5. The van der Waals surface area contributed by atoms with E-state index < -0.39 is 5.91 Å². The van der Waals surface area contributed by atoms with Crippen LogP contribution in [0.25, 0.3) is 11.1 Å². The van der Waals surface area contributed by atoms with Crippen LogP contribution in [0.1, 0.15) is 15.9 Å². The molecule has 0 heterocycles. The third kappa shape index (κ3) is 5.52. The van der Waals surface area contributed by atoms with Crippen LogP contribution in [0.5, 0.6) is 17.2 Å². The highest BCUT2D eigenvalue weighted by molar-refractivity contribution is 6.07. The molecule has 1 amide bonds. The van der Waals surface area contributed by atoms with Crippen molar-refractivity contribution in [2.45, 2.75) is 6.42 Å². The van der Waals surface area contributed by atoms with Gasteiger partial charge in [-0.3, -0.25) is 4.79 Å². The highest BCUT2D eigenvalue weighted by Crippen LogP contribution is 2.27. The number of carbonyl (C=O) groups is 1. The maximum absolute atomic E-state index is 12.9. The molecule has 0 aromatic heterocycles. The lowest BCUT2D eigenvalue weighted by atomic mass is 10.0. The summed E-state index contributed by atoms with van der Waals surface area (Å²) in [6, 6.07) is 29.8. The van der Waals surface area contributed by atoms with Crippen molar-refractivity contribution in [2.24, 2.45) is 0 Å². The number of rotatable bonds is 8. The number of hydrogen-bond acceptors (Lipinski definition) is 4. The molecule has 5 heteroatoms. The Bertz CT molecular complexity index is 1240. The molecule has 0 spiro atoms. The van der Waals surface area contributed by atoms with E-state index in [0.717, 1.165) is 22.4 Å². The van der Waals surface area contributed by atoms with Crippen LogP contribution >= 0.6 is 0 Å². The average molecular weight is 440 g/mol. The monoisotopic (exact) mass is 439 g/mol. The van der Waals surface area contributed by atoms with E-state index >= 15 is 0 Å². The Labute approximate surface area is 193 Å². The average Bonchev–Trinajstić information content (AvgIpc) is 2.85. The number of nitrogens with one attached hydrogen (secondary N) is 1. The predicted octanol–water partition coefficient (Wildman–Crippen LogP) is 5.94. The lowest BCUT2D eigenvalue weighted by molar-refractivity contribution is 0.102. The molecule has 0 aliphatic rings. The normalized spacial score (nSPS) is 10.5. The van der Waals surface area contributed by atoms with Gasteiger partial charge in [-0.15, -0.1) is 0 Å². The fourth-order valence-corrected chi connectivity index (χ4v) is 3.58. The highest BCUT2D eigenvalue weighted by Gasteiger charge is 2.13. The van der Waals surface area contributed by atoms with Gasteiger partial charge in [0.2, 0.25) is 0 Å². The summed E-state index contributed by atoms with van der Waals surface area (Å²) in [5.41, 5.74) is 3.68. The van der Waals surface area contributed by atoms with Crippen LogP contribution in [0.15, 0.2) is 97.1 Å². The minimum Gasteiger partial charge on any atom is -0.507 e. The molecular weight excluding hydrogens is 414 g/mol. The summed E-state index contributed by atoms with van der Waals surface area (Å²) >= 11 is 0. The number of benzene rings is 4. The molecule has 166 valence electrons. The van der Waals surface area contributed by atoms with Crippen LogP contribution in [-0.4, -0.2) is 24.7 Å². The van der Waals surface area contributed by atoms with Crippen LogP contribution in [0.3, 0.4) is 0 Å². The van der Waals surface area contributed by atoms with Crippen molar-refractivity contribution in [2.75, 3.05) is 19.0 Å². The largest absolute Gasteiger partial charge is 0.507 e. The number of carbonyl (C=O) groups excluding carboxylic acids is 1. The van der Waals surface area contributed by atoms with E-state index in [1.807, 2.05) is 66.7 Å². The Kier molecular flexibility index (Phi) is 6.90. The zero-order valence-corrected chi connectivity index (χ0v) is 18.3. The first-order valence-electron chi connectivity index (χ1n) is 10.7. The molecule has 0 bridgehead atoms. The number of phenolic OH excluding ortho intramolecular Hbond substituents is 1. The molecule has 5 nitrogen and oxygen atoms in total. The Balaban J connectivity index is 1.42. The van der Waals surface area contributed by atoms with Crippen molar-refractivity contribution in [3.63, 3.8) is 0 Å². The van der Waals surface area contributed by atoms with Gasteiger partial charge in [0.25, 0.3) is 5.91 Å². The molecule has 0 unspecified atom stereocenters. The number of hydrogen-bond donors (Lipinski definition) is 2. The third-order valence-electron chi connectivity index (χ3n) is 5.27. The second-order valence-electron chi connectivity index (χ2n) is 7.49. The van der Waals surface area contributed by atoms with Crippen LogP contribution in [0, 0.1) is 0 Å². The smallest absolute Gasteiger partial charge is 0.259 e. The molecule has 0 aliphatic carbocycles. The summed E-state index contributed by atoms with van der Waals surface area (Å²) in [5, 5.41) is 13.1.